The van der Waals surface area contributed by atoms with Crippen molar-refractivity contribution in [1.29, 1.82) is 0 Å². The van der Waals surface area contributed by atoms with Crippen molar-refractivity contribution in [3.05, 3.63) is 35.4 Å². The minimum absolute atomic E-state index is 0.0775. The summed E-state index contributed by atoms with van der Waals surface area (Å²) in [7, 11) is 0. The Kier molecular flexibility index (Phi) is 2.09. The van der Waals surface area contributed by atoms with E-state index in [-0.39, 0.29) is 17.3 Å². The molecule has 3 rings (SSSR count). The third-order valence-corrected chi connectivity index (χ3v) is 3.81. The minimum Gasteiger partial charge on any atom is -0.294 e. The molecular formula is C13H12F2O. The summed E-state index contributed by atoms with van der Waals surface area (Å²) in [6.07, 6.45) is 2.94. The average molecular weight is 222 g/mol. The molecule has 0 saturated heterocycles. The van der Waals surface area contributed by atoms with Gasteiger partial charge in [0.05, 0.1) is 5.56 Å². The lowest BCUT2D eigenvalue weighted by atomic mass is 9.93. The van der Waals surface area contributed by atoms with E-state index in [0.29, 0.717) is 11.8 Å². The SMILES string of the molecule is O=C(c1cc(F)ccc1F)C1CC2CC2C1. The molecule has 0 bridgehead atoms. The lowest BCUT2D eigenvalue weighted by Gasteiger charge is -2.10. The van der Waals surface area contributed by atoms with Crippen LogP contribution in [-0.4, -0.2) is 5.78 Å². The molecule has 2 aliphatic carbocycles. The Morgan fingerprint density at radius 3 is 2.50 bits per heavy atom. The molecule has 16 heavy (non-hydrogen) atoms. The summed E-state index contributed by atoms with van der Waals surface area (Å²) in [5.74, 6) is -0.111. The number of fused-ring (bicyclic) bond motifs is 1. The van der Waals surface area contributed by atoms with Gasteiger partial charge in [0.15, 0.2) is 5.78 Å². The third kappa shape index (κ3) is 1.55. The average Bonchev–Trinajstić information content (AvgIpc) is 2.88. The summed E-state index contributed by atoms with van der Waals surface area (Å²) in [6.45, 7) is 0. The highest BCUT2D eigenvalue weighted by molar-refractivity contribution is 5.98. The zero-order valence-corrected chi connectivity index (χ0v) is 8.75. The molecule has 2 saturated carbocycles. The van der Waals surface area contributed by atoms with Crippen molar-refractivity contribution >= 4 is 5.78 Å². The van der Waals surface area contributed by atoms with E-state index in [1.807, 2.05) is 0 Å². The van der Waals surface area contributed by atoms with Crippen LogP contribution in [0.4, 0.5) is 8.78 Å². The van der Waals surface area contributed by atoms with Crippen molar-refractivity contribution in [1.82, 2.24) is 0 Å². The molecule has 84 valence electrons. The molecule has 0 N–H and O–H groups in total. The van der Waals surface area contributed by atoms with Crippen LogP contribution in [0.3, 0.4) is 0 Å². The van der Waals surface area contributed by atoms with Crippen LogP contribution in [0.1, 0.15) is 29.6 Å². The first-order chi connectivity index (χ1) is 7.65. The third-order valence-electron chi connectivity index (χ3n) is 3.81. The lowest BCUT2D eigenvalue weighted by Crippen LogP contribution is -2.14. The largest absolute Gasteiger partial charge is 0.294 e. The van der Waals surface area contributed by atoms with Gasteiger partial charge in [-0.3, -0.25) is 4.79 Å². The van der Waals surface area contributed by atoms with E-state index in [2.05, 4.69) is 0 Å². The van der Waals surface area contributed by atoms with Crippen LogP contribution >= 0.6 is 0 Å². The normalized spacial score (nSPS) is 31.2. The van der Waals surface area contributed by atoms with Gasteiger partial charge in [0.25, 0.3) is 0 Å². The summed E-state index contributed by atoms with van der Waals surface area (Å²) in [5.41, 5.74) is -0.0775. The predicted octanol–water partition coefficient (Wildman–Crippen LogP) is 3.19. The van der Waals surface area contributed by atoms with Gasteiger partial charge in [0, 0.05) is 5.92 Å². The first-order valence-corrected chi connectivity index (χ1v) is 5.64. The van der Waals surface area contributed by atoms with E-state index in [9.17, 15) is 13.6 Å². The van der Waals surface area contributed by atoms with E-state index in [1.165, 1.54) is 6.42 Å². The highest BCUT2D eigenvalue weighted by Crippen LogP contribution is 2.54. The first kappa shape index (κ1) is 9.94. The molecule has 2 atom stereocenters. The second kappa shape index (κ2) is 3.37. The summed E-state index contributed by atoms with van der Waals surface area (Å²) in [4.78, 5) is 12.0. The van der Waals surface area contributed by atoms with Gasteiger partial charge < -0.3 is 0 Å². The van der Waals surface area contributed by atoms with Crippen molar-refractivity contribution in [3.8, 4) is 0 Å². The molecule has 0 radical (unpaired) electrons. The molecule has 0 heterocycles. The smallest absolute Gasteiger partial charge is 0.169 e. The van der Waals surface area contributed by atoms with Crippen molar-refractivity contribution in [2.24, 2.45) is 17.8 Å². The highest BCUT2D eigenvalue weighted by Gasteiger charge is 2.48. The molecule has 1 nitrogen and oxygen atoms in total. The van der Waals surface area contributed by atoms with Gasteiger partial charge in [-0.2, -0.15) is 0 Å². The summed E-state index contributed by atoms with van der Waals surface area (Å²) in [5, 5.41) is 0. The molecule has 0 aliphatic heterocycles. The highest BCUT2D eigenvalue weighted by atomic mass is 19.1. The summed E-state index contributed by atoms with van der Waals surface area (Å²) < 4.78 is 26.4. The van der Waals surface area contributed by atoms with Gasteiger partial charge in [0.2, 0.25) is 0 Å². The summed E-state index contributed by atoms with van der Waals surface area (Å²) >= 11 is 0. The van der Waals surface area contributed by atoms with E-state index >= 15 is 0 Å². The van der Waals surface area contributed by atoms with Crippen LogP contribution in [0, 0.1) is 29.4 Å². The van der Waals surface area contributed by atoms with Crippen LogP contribution in [0.25, 0.3) is 0 Å². The Balaban J connectivity index is 1.85. The molecule has 0 spiro atoms. The van der Waals surface area contributed by atoms with Crippen molar-refractivity contribution < 1.29 is 13.6 Å². The van der Waals surface area contributed by atoms with Crippen LogP contribution in [-0.2, 0) is 0 Å². The van der Waals surface area contributed by atoms with Gasteiger partial charge in [-0.25, -0.2) is 8.78 Å². The number of Topliss-reactive ketones (excluding diaryl/α,β-unsaturated/α-hetero) is 1. The standard InChI is InChI=1S/C13H12F2O/c14-10-1-2-12(15)11(6-10)13(16)9-4-7-3-8(7)5-9/h1-2,6-9H,3-5H2. The zero-order chi connectivity index (χ0) is 11.3. The van der Waals surface area contributed by atoms with E-state index in [4.69, 9.17) is 0 Å². The monoisotopic (exact) mass is 222 g/mol. The van der Waals surface area contributed by atoms with Crippen LogP contribution in [0.2, 0.25) is 0 Å². The fourth-order valence-corrected chi connectivity index (χ4v) is 2.84. The van der Waals surface area contributed by atoms with Crippen LogP contribution in [0.15, 0.2) is 18.2 Å². The molecule has 3 heteroatoms. The maximum atomic E-state index is 13.4. The Morgan fingerprint density at radius 1 is 1.12 bits per heavy atom. The Labute approximate surface area is 92.5 Å². The van der Waals surface area contributed by atoms with Gasteiger partial charge in [-0.05, 0) is 49.3 Å². The Hall–Kier alpha value is -1.25. The molecule has 1 aromatic carbocycles. The van der Waals surface area contributed by atoms with Crippen LogP contribution < -0.4 is 0 Å². The van der Waals surface area contributed by atoms with Crippen LogP contribution in [0.5, 0.6) is 0 Å². The number of ketones is 1. The number of carbonyl (C=O) groups is 1. The topological polar surface area (TPSA) is 17.1 Å². The van der Waals surface area contributed by atoms with Gasteiger partial charge >= 0.3 is 0 Å². The quantitative estimate of drug-likeness (QED) is 0.702. The zero-order valence-electron chi connectivity index (χ0n) is 8.75. The number of benzene rings is 1. The molecule has 2 fully saturated rings. The first-order valence-electron chi connectivity index (χ1n) is 5.64. The Morgan fingerprint density at radius 2 is 1.81 bits per heavy atom. The number of hydrogen-bond donors (Lipinski definition) is 0. The lowest BCUT2D eigenvalue weighted by molar-refractivity contribution is 0.0910. The molecule has 0 aromatic heterocycles. The molecular weight excluding hydrogens is 210 g/mol. The van der Waals surface area contributed by atoms with E-state index < -0.39 is 11.6 Å². The number of rotatable bonds is 2. The molecule has 1 aromatic rings. The van der Waals surface area contributed by atoms with Gasteiger partial charge in [0.1, 0.15) is 11.6 Å². The second-order valence-corrected chi connectivity index (χ2v) is 4.91. The van der Waals surface area contributed by atoms with Crippen molar-refractivity contribution in [2.75, 3.05) is 0 Å². The summed E-state index contributed by atoms with van der Waals surface area (Å²) in [6, 6.07) is 3.08. The fraction of sp³-hybridized carbons (Fsp3) is 0.462. The number of carbonyl (C=O) groups excluding carboxylic acids is 1. The van der Waals surface area contributed by atoms with E-state index in [0.717, 1.165) is 31.0 Å². The van der Waals surface area contributed by atoms with Gasteiger partial charge in [-0.1, -0.05) is 0 Å². The number of halogens is 2. The Bertz CT molecular complexity index is 445. The predicted molar refractivity (Wildman–Crippen MR) is 55.0 cm³/mol. The fourth-order valence-electron chi connectivity index (χ4n) is 2.84. The molecule has 0 amide bonds. The molecule has 2 unspecified atom stereocenters. The number of hydrogen-bond acceptors (Lipinski definition) is 1. The molecule has 2 aliphatic rings. The maximum absolute atomic E-state index is 13.4. The van der Waals surface area contributed by atoms with E-state index in [1.54, 1.807) is 0 Å². The van der Waals surface area contributed by atoms with Crippen molar-refractivity contribution in [3.63, 3.8) is 0 Å². The minimum atomic E-state index is -0.605. The van der Waals surface area contributed by atoms with Crippen molar-refractivity contribution in [2.45, 2.75) is 19.3 Å². The maximum Gasteiger partial charge on any atom is 0.169 e. The second-order valence-electron chi connectivity index (χ2n) is 4.91. The van der Waals surface area contributed by atoms with Gasteiger partial charge in [-0.15, -0.1) is 0 Å².